The summed E-state index contributed by atoms with van der Waals surface area (Å²) in [6.07, 6.45) is 1.67. The van der Waals surface area contributed by atoms with Crippen LogP contribution in [0.25, 0.3) is 0 Å². The molecule has 14 heavy (non-hydrogen) atoms. The Bertz CT molecular complexity index is 451. The second-order valence-corrected chi connectivity index (χ2v) is 2.39. The van der Waals surface area contributed by atoms with Gasteiger partial charge >= 0.3 is 0 Å². The van der Waals surface area contributed by atoms with E-state index in [1.165, 1.54) is 6.08 Å². The van der Waals surface area contributed by atoms with E-state index in [9.17, 15) is 4.79 Å². The predicted octanol–water partition coefficient (Wildman–Crippen LogP) is 1.92. The average molecular weight is 182 g/mol. The van der Waals surface area contributed by atoms with Crippen molar-refractivity contribution in [1.82, 2.24) is 0 Å². The van der Waals surface area contributed by atoms with Crippen molar-refractivity contribution in [2.24, 2.45) is 4.99 Å². The van der Waals surface area contributed by atoms with Gasteiger partial charge in [0.05, 0.1) is 18.2 Å². The van der Waals surface area contributed by atoms with E-state index in [4.69, 9.17) is 5.26 Å². The number of rotatable bonds is 1. The van der Waals surface area contributed by atoms with Crippen molar-refractivity contribution in [3.8, 4) is 17.9 Å². The summed E-state index contributed by atoms with van der Waals surface area (Å²) in [5, 5.41) is 8.25. The molecule has 1 aromatic carbocycles. The van der Waals surface area contributed by atoms with Crippen molar-refractivity contribution in [3.63, 3.8) is 0 Å². The zero-order valence-corrected chi connectivity index (χ0v) is 7.32. The Balaban J connectivity index is 2.81. The van der Waals surface area contributed by atoms with E-state index in [2.05, 4.69) is 16.8 Å². The standard InChI is InChI=1S/C11H6N2O/c12-8-2-1-3-10-4-6-11(7-5-10)13-9-14/h4-7H,2H2. The molecule has 0 fully saturated rings. The molecule has 0 heterocycles. The Morgan fingerprint density at radius 2 is 2.00 bits per heavy atom. The number of aliphatic imine (C=N–C) groups is 1. The van der Waals surface area contributed by atoms with Crippen LogP contribution < -0.4 is 0 Å². The van der Waals surface area contributed by atoms with E-state index < -0.39 is 0 Å². The minimum atomic E-state index is 0.217. The molecule has 0 saturated heterocycles. The predicted molar refractivity (Wildman–Crippen MR) is 51.3 cm³/mol. The molecule has 0 aliphatic carbocycles. The van der Waals surface area contributed by atoms with Gasteiger partial charge in [-0.05, 0) is 24.3 Å². The van der Waals surface area contributed by atoms with Crippen LogP contribution in [0.2, 0.25) is 0 Å². The third-order valence-electron chi connectivity index (χ3n) is 1.44. The number of hydrogen-bond acceptors (Lipinski definition) is 3. The molecule has 0 N–H and O–H groups in total. The van der Waals surface area contributed by atoms with Gasteiger partial charge in [-0.1, -0.05) is 11.8 Å². The number of nitriles is 1. The van der Waals surface area contributed by atoms with Crippen LogP contribution in [0.15, 0.2) is 29.3 Å². The van der Waals surface area contributed by atoms with E-state index in [1.54, 1.807) is 24.3 Å². The first-order chi connectivity index (χ1) is 6.86. The molecule has 0 atom stereocenters. The van der Waals surface area contributed by atoms with Gasteiger partial charge in [0.25, 0.3) is 0 Å². The lowest BCUT2D eigenvalue weighted by atomic mass is 10.2. The topological polar surface area (TPSA) is 53.2 Å². The Morgan fingerprint density at radius 1 is 1.29 bits per heavy atom. The molecule has 0 saturated carbocycles. The Labute approximate surface area is 81.7 Å². The fraction of sp³-hybridized carbons (Fsp3) is 0.0909. The van der Waals surface area contributed by atoms with Crippen molar-refractivity contribution < 1.29 is 4.79 Å². The van der Waals surface area contributed by atoms with Crippen LogP contribution in [0.3, 0.4) is 0 Å². The van der Waals surface area contributed by atoms with Gasteiger partial charge in [0.1, 0.15) is 0 Å². The van der Waals surface area contributed by atoms with E-state index in [0.29, 0.717) is 5.69 Å². The Kier molecular flexibility index (Phi) is 3.70. The lowest BCUT2D eigenvalue weighted by Crippen LogP contribution is -1.72. The largest absolute Gasteiger partial charge is 0.240 e. The monoisotopic (exact) mass is 182 g/mol. The molecule has 0 aliphatic heterocycles. The fourth-order valence-electron chi connectivity index (χ4n) is 0.858. The molecule has 1 rings (SSSR count). The molecular weight excluding hydrogens is 176 g/mol. The van der Waals surface area contributed by atoms with Crippen LogP contribution in [0.1, 0.15) is 12.0 Å². The molecule has 1 aromatic rings. The van der Waals surface area contributed by atoms with Gasteiger partial charge < -0.3 is 0 Å². The smallest absolute Gasteiger partial charge is 0.211 e. The second-order valence-electron chi connectivity index (χ2n) is 2.39. The summed E-state index contributed by atoms with van der Waals surface area (Å²) >= 11 is 0. The molecule has 0 radical (unpaired) electrons. The summed E-state index contributed by atoms with van der Waals surface area (Å²) in [7, 11) is 0. The molecule has 0 bridgehead atoms. The van der Waals surface area contributed by atoms with Gasteiger partial charge in [0.15, 0.2) is 0 Å². The van der Waals surface area contributed by atoms with E-state index >= 15 is 0 Å². The average Bonchev–Trinajstić information content (AvgIpc) is 2.21. The summed E-state index contributed by atoms with van der Waals surface area (Å²) in [5.74, 6) is 5.49. The first kappa shape index (κ1) is 9.74. The summed E-state index contributed by atoms with van der Waals surface area (Å²) in [4.78, 5) is 13.4. The highest BCUT2D eigenvalue weighted by atomic mass is 16.1. The van der Waals surface area contributed by atoms with Crippen molar-refractivity contribution in [1.29, 1.82) is 5.26 Å². The molecule has 0 unspecified atom stereocenters. The van der Waals surface area contributed by atoms with Gasteiger partial charge in [-0.25, -0.2) is 4.79 Å². The SMILES string of the molecule is N#CCC#Cc1ccc(N=C=O)cc1. The molecule has 0 aliphatic rings. The number of hydrogen-bond donors (Lipinski definition) is 0. The maximum absolute atomic E-state index is 9.91. The van der Waals surface area contributed by atoms with Crippen LogP contribution in [0.4, 0.5) is 5.69 Å². The van der Waals surface area contributed by atoms with Crippen molar-refractivity contribution >= 4 is 11.8 Å². The number of nitrogens with zero attached hydrogens (tertiary/aromatic N) is 2. The number of isocyanates is 1. The molecule has 0 spiro atoms. The minimum absolute atomic E-state index is 0.217. The summed E-state index contributed by atoms with van der Waals surface area (Å²) in [5.41, 5.74) is 1.34. The normalized spacial score (nSPS) is 7.64. The van der Waals surface area contributed by atoms with Gasteiger partial charge in [0.2, 0.25) is 6.08 Å². The summed E-state index contributed by atoms with van der Waals surface area (Å²) < 4.78 is 0. The van der Waals surface area contributed by atoms with Crippen molar-refractivity contribution in [2.75, 3.05) is 0 Å². The first-order valence-corrected chi connectivity index (χ1v) is 3.90. The zero-order chi connectivity index (χ0) is 10.2. The van der Waals surface area contributed by atoms with Crippen molar-refractivity contribution in [3.05, 3.63) is 29.8 Å². The Hall–Kier alpha value is -2.35. The molecule has 0 amide bonds. The molecule has 3 nitrogen and oxygen atoms in total. The maximum atomic E-state index is 9.91. The van der Waals surface area contributed by atoms with Gasteiger partial charge in [-0.15, -0.1) is 0 Å². The summed E-state index contributed by atoms with van der Waals surface area (Å²) in [6.45, 7) is 0. The van der Waals surface area contributed by atoms with Crippen LogP contribution in [-0.4, -0.2) is 6.08 Å². The van der Waals surface area contributed by atoms with Crippen LogP contribution in [0.5, 0.6) is 0 Å². The minimum Gasteiger partial charge on any atom is -0.211 e. The van der Waals surface area contributed by atoms with Crippen LogP contribution >= 0.6 is 0 Å². The zero-order valence-electron chi connectivity index (χ0n) is 7.32. The number of carbonyl (C=O) groups excluding carboxylic acids is 1. The fourth-order valence-corrected chi connectivity index (χ4v) is 0.858. The van der Waals surface area contributed by atoms with E-state index in [1.807, 2.05) is 6.07 Å². The third kappa shape index (κ3) is 2.95. The van der Waals surface area contributed by atoms with Gasteiger partial charge in [-0.3, -0.25) is 0 Å². The lowest BCUT2D eigenvalue weighted by Gasteiger charge is -1.90. The second kappa shape index (κ2) is 5.32. The maximum Gasteiger partial charge on any atom is 0.240 e. The van der Waals surface area contributed by atoms with Crippen LogP contribution in [0, 0.1) is 23.2 Å². The summed E-state index contributed by atoms with van der Waals surface area (Å²) in [6, 6.07) is 8.74. The van der Waals surface area contributed by atoms with Crippen molar-refractivity contribution in [2.45, 2.75) is 6.42 Å². The van der Waals surface area contributed by atoms with Gasteiger partial charge in [-0.2, -0.15) is 10.3 Å². The first-order valence-electron chi connectivity index (χ1n) is 3.90. The highest BCUT2D eigenvalue weighted by Gasteiger charge is 1.88. The highest BCUT2D eigenvalue weighted by molar-refractivity contribution is 5.51. The Morgan fingerprint density at radius 3 is 2.57 bits per heavy atom. The third-order valence-corrected chi connectivity index (χ3v) is 1.44. The molecule has 66 valence electrons. The van der Waals surface area contributed by atoms with E-state index in [-0.39, 0.29) is 6.42 Å². The molecular formula is C11H6N2O. The lowest BCUT2D eigenvalue weighted by molar-refractivity contribution is 0.565. The quantitative estimate of drug-likeness (QED) is 0.378. The van der Waals surface area contributed by atoms with E-state index in [0.717, 1.165) is 5.56 Å². The molecule has 0 aromatic heterocycles. The number of benzene rings is 1. The highest BCUT2D eigenvalue weighted by Crippen LogP contribution is 2.10. The molecule has 3 heteroatoms. The van der Waals surface area contributed by atoms with Gasteiger partial charge in [0, 0.05) is 5.56 Å². The van der Waals surface area contributed by atoms with Crippen LogP contribution in [-0.2, 0) is 4.79 Å².